The summed E-state index contributed by atoms with van der Waals surface area (Å²) in [6.07, 6.45) is 4.22. The van der Waals surface area contributed by atoms with Crippen molar-refractivity contribution in [2.75, 3.05) is 46.0 Å². The summed E-state index contributed by atoms with van der Waals surface area (Å²) in [4.78, 5) is 29.7. The molecule has 214 valence electrons. The number of ether oxygens (including phenoxy) is 2. The fourth-order valence-electron chi connectivity index (χ4n) is 6.13. The first-order valence-corrected chi connectivity index (χ1v) is 15.5. The van der Waals surface area contributed by atoms with Crippen LogP contribution in [0.1, 0.15) is 57.9 Å². The Kier molecular flexibility index (Phi) is 7.30. The average Bonchev–Trinajstić information content (AvgIpc) is 3.60. The van der Waals surface area contributed by atoms with Gasteiger partial charge in [0.25, 0.3) is 11.8 Å². The summed E-state index contributed by atoms with van der Waals surface area (Å²) in [6, 6.07) is 9.00. The maximum atomic E-state index is 14.6. The van der Waals surface area contributed by atoms with Crippen molar-refractivity contribution in [2.24, 2.45) is 22.9 Å². The molecule has 4 aliphatic rings. The van der Waals surface area contributed by atoms with Gasteiger partial charge in [-0.15, -0.1) is 0 Å². The SMILES string of the molecule is NS(=O)(=O)c1ccc(C(=O)N2C[C@H]3CN(C(=O)c4cc(OCC5CCOCC5)cc(C5CC5)c4)C[C@@H]3C2)c(F)c1. The largest absolute Gasteiger partial charge is 0.493 e. The molecule has 3 heterocycles. The summed E-state index contributed by atoms with van der Waals surface area (Å²) in [5.74, 6) is 0.425. The van der Waals surface area contributed by atoms with Crippen molar-refractivity contribution in [3.63, 3.8) is 0 Å². The monoisotopic (exact) mass is 571 g/mol. The number of halogens is 1. The number of primary sulfonamides is 1. The van der Waals surface area contributed by atoms with Crippen LogP contribution >= 0.6 is 0 Å². The van der Waals surface area contributed by atoms with E-state index in [0.29, 0.717) is 50.2 Å². The van der Waals surface area contributed by atoms with Gasteiger partial charge in [0.15, 0.2) is 0 Å². The van der Waals surface area contributed by atoms with Gasteiger partial charge in [-0.2, -0.15) is 0 Å². The second-order valence-corrected chi connectivity index (χ2v) is 13.1. The van der Waals surface area contributed by atoms with Gasteiger partial charge >= 0.3 is 0 Å². The van der Waals surface area contributed by atoms with Crippen LogP contribution in [0.5, 0.6) is 5.75 Å². The van der Waals surface area contributed by atoms with Crippen LogP contribution in [0.3, 0.4) is 0 Å². The molecule has 6 rings (SSSR count). The third-order valence-corrected chi connectivity index (χ3v) is 9.52. The molecule has 40 heavy (non-hydrogen) atoms. The number of amides is 2. The summed E-state index contributed by atoms with van der Waals surface area (Å²) in [5.41, 5.74) is 1.60. The van der Waals surface area contributed by atoms with Crippen LogP contribution in [0.15, 0.2) is 41.3 Å². The first-order chi connectivity index (χ1) is 19.2. The lowest BCUT2D eigenvalue weighted by Gasteiger charge is -2.24. The minimum absolute atomic E-state index is 0.0321. The smallest absolute Gasteiger partial charge is 0.256 e. The number of carbonyl (C=O) groups is 2. The van der Waals surface area contributed by atoms with Crippen molar-refractivity contribution in [2.45, 2.75) is 36.5 Å². The van der Waals surface area contributed by atoms with Crippen molar-refractivity contribution in [1.82, 2.24) is 9.80 Å². The summed E-state index contributed by atoms with van der Waals surface area (Å²) in [6.45, 7) is 4.00. The summed E-state index contributed by atoms with van der Waals surface area (Å²) < 4.78 is 49.2. The van der Waals surface area contributed by atoms with E-state index in [-0.39, 0.29) is 28.2 Å². The van der Waals surface area contributed by atoms with Crippen LogP contribution in [0, 0.1) is 23.6 Å². The Morgan fingerprint density at radius 1 is 0.925 bits per heavy atom. The molecule has 1 aliphatic carbocycles. The predicted octanol–water partition coefficient (Wildman–Crippen LogP) is 3.00. The highest BCUT2D eigenvalue weighted by atomic mass is 32.2. The first kappa shape index (κ1) is 27.2. The number of nitrogens with zero attached hydrogens (tertiary/aromatic N) is 2. The maximum absolute atomic E-state index is 14.6. The van der Waals surface area contributed by atoms with Crippen LogP contribution in [-0.4, -0.2) is 76.0 Å². The number of rotatable bonds is 7. The van der Waals surface area contributed by atoms with Gasteiger partial charge in [-0.1, -0.05) is 0 Å². The van der Waals surface area contributed by atoms with Gasteiger partial charge in [-0.25, -0.2) is 17.9 Å². The molecule has 2 N–H and O–H groups in total. The Morgan fingerprint density at radius 3 is 2.17 bits per heavy atom. The van der Waals surface area contributed by atoms with E-state index < -0.39 is 21.7 Å². The number of benzene rings is 2. The molecule has 2 aromatic carbocycles. The summed E-state index contributed by atoms with van der Waals surface area (Å²) in [5, 5.41) is 5.06. The quantitative estimate of drug-likeness (QED) is 0.546. The van der Waals surface area contributed by atoms with E-state index in [9.17, 15) is 22.4 Å². The molecule has 2 aromatic rings. The van der Waals surface area contributed by atoms with E-state index in [1.807, 2.05) is 17.0 Å². The van der Waals surface area contributed by atoms with Gasteiger partial charge in [0, 0.05) is 56.8 Å². The van der Waals surface area contributed by atoms with Crippen LogP contribution in [0.25, 0.3) is 0 Å². The molecular weight excluding hydrogens is 537 g/mol. The van der Waals surface area contributed by atoms with Crippen molar-refractivity contribution in [3.05, 3.63) is 58.9 Å². The van der Waals surface area contributed by atoms with E-state index >= 15 is 0 Å². The Hall–Kier alpha value is -3.02. The van der Waals surface area contributed by atoms with Crippen molar-refractivity contribution in [3.8, 4) is 5.75 Å². The van der Waals surface area contributed by atoms with Crippen molar-refractivity contribution in [1.29, 1.82) is 0 Å². The number of fused-ring (bicyclic) bond motifs is 1. The van der Waals surface area contributed by atoms with Gasteiger partial charge in [0.2, 0.25) is 10.0 Å². The Morgan fingerprint density at radius 2 is 1.57 bits per heavy atom. The highest BCUT2D eigenvalue weighted by Crippen LogP contribution is 2.42. The second-order valence-electron chi connectivity index (χ2n) is 11.6. The molecule has 3 saturated heterocycles. The number of nitrogens with two attached hydrogens (primary N) is 1. The minimum Gasteiger partial charge on any atom is -0.493 e. The standard InChI is InChI=1S/C29H34FN3O6S/c30-27-12-25(40(31,36)37)3-4-26(27)29(35)33-15-22-13-32(14-23(22)16-33)28(34)21-9-20(19-1-2-19)10-24(11-21)39-17-18-5-7-38-8-6-18/h3-4,9-12,18-19,22-23H,1-2,5-8,13-17H2,(H2,31,36,37)/t22-,23-/m1/s1. The van der Waals surface area contributed by atoms with Gasteiger partial charge < -0.3 is 19.3 Å². The van der Waals surface area contributed by atoms with Crippen LogP contribution in [0.4, 0.5) is 4.39 Å². The molecule has 1 saturated carbocycles. The molecule has 0 aromatic heterocycles. The number of sulfonamides is 1. The molecule has 2 atom stereocenters. The number of carbonyl (C=O) groups excluding carboxylic acids is 2. The number of likely N-dealkylation sites (tertiary alicyclic amines) is 2. The van der Waals surface area contributed by atoms with E-state index in [0.717, 1.165) is 68.4 Å². The molecule has 0 unspecified atom stereocenters. The van der Waals surface area contributed by atoms with Crippen LogP contribution in [0.2, 0.25) is 0 Å². The highest BCUT2D eigenvalue weighted by molar-refractivity contribution is 7.89. The van der Waals surface area contributed by atoms with Gasteiger partial charge in [-0.3, -0.25) is 9.59 Å². The molecular formula is C29H34FN3O6S. The Balaban J connectivity index is 1.10. The summed E-state index contributed by atoms with van der Waals surface area (Å²) in [7, 11) is -4.07. The van der Waals surface area contributed by atoms with Gasteiger partial charge in [-0.05, 0) is 79.5 Å². The van der Waals surface area contributed by atoms with Crippen LogP contribution < -0.4 is 9.88 Å². The van der Waals surface area contributed by atoms with Gasteiger partial charge in [0.1, 0.15) is 11.6 Å². The molecule has 11 heteroatoms. The lowest BCUT2D eigenvalue weighted by Crippen LogP contribution is -2.36. The van der Waals surface area contributed by atoms with Crippen molar-refractivity contribution >= 4 is 21.8 Å². The highest BCUT2D eigenvalue weighted by Gasteiger charge is 2.44. The average molecular weight is 572 g/mol. The van der Waals surface area contributed by atoms with Crippen LogP contribution in [-0.2, 0) is 14.8 Å². The molecule has 0 spiro atoms. The Bertz CT molecular complexity index is 1410. The number of hydrogen-bond acceptors (Lipinski definition) is 6. The molecule has 9 nitrogen and oxygen atoms in total. The molecule has 0 bridgehead atoms. The zero-order valence-corrected chi connectivity index (χ0v) is 23.1. The van der Waals surface area contributed by atoms with E-state index in [2.05, 4.69) is 6.07 Å². The molecule has 4 fully saturated rings. The zero-order chi connectivity index (χ0) is 28.0. The molecule has 2 amide bonds. The van der Waals surface area contributed by atoms with E-state index in [1.165, 1.54) is 0 Å². The fourth-order valence-corrected chi connectivity index (χ4v) is 6.66. The van der Waals surface area contributed by atoms with Crippen molar-refractivity contribution < 1.29 is 31.9 Å². The normalized spacial score (nSPS) is 23.4. The number of hydrogen-bond donors (Lipinski definition) is 1. The molecule has 0 radical (unpaired) electrons. The third kappa shape index (κ3) is 5.73. The fraction of sp³-hybridized carbons (Fsp3) is 0.517. The first-order valence-electron chi connectivity index (χ1n) is 13.9. The third-order valence-electron chi connectivity index (χ3n) is 8.61. The second kappa shape index (κ2) is 10.8. The lowest BCUT2D eigenvalue weighted by molar-refractivity contribution is 0.0497. The zero-order valence-electron chi connectivity index (χ0n) is 22.3. The molecule has 3 aliphatic heterocycles. The van der Waals surface area contributed by atoms with Gasteiger partial charge in [0.05, 0.1) is 17.1 Å². The topological polar surface area (TPSA) is 119 Å². The lowest BCUT2D eigenvalue weighted by atomic mass is 10.0. The summed E-state index contributed by atoms with van der Waals surface area (Å²) >= 11 is 0. The van der Waals surface area contributed by atoms with E-state index in [1.54, 1.807) is 4.90 Å². The van der Waals surface area contributed by atoms with E-state index in [4.69, 9.17) is 14.6 Å². The maximum Gasteiger partial charge on any atom is 0.256 e. The minimum atomic E-state index is -4.07. The predicted molar refractivity (Wildman–Crippen MR) is 144 cm³/mol. The Labute approximate surface area is 233 Å².